The van der Waals surface area contributed by atoms with Crippen LogP contribution in [0, 0.1) is 13.8 Å². The maximum Gasteiger partial charge on any atom is 0.142 e. The first kappa shape index (κ1) is 13.5. The summed E-state index contributed by atoms with van der Waals surface area (Å²) < 4.78 is 5.34. The topological polar surface area (TPSA) is 47.0 Å². The van der Waals surface area contributed by atoms with Crippen LogP contribution in [0.3, 0.4) is 0 Å². The van der Waals surface area contributed by atoms with Crippen molar-refractivity contribution < 1.29 is 4.74 Å². The van der Waals surface area contributed by atoms with E-state index in [4.69, 9.17) is 4.74 Å². The number of ether oxygens (including phenoxy) is 1. The summed E-state index contributed by atoms with van der Waals surface area (Å²) in [7, 11) is 3.58. The van der Waals surface area contributed by atoms with E-state index in [1.165, 1.54) is 5.56 Å². The third kappa shape index (κ3) is 2.74. The minimum absolute atomic E-state index is 0.669. The van der Waals surface area contributed by atoms with Crippen molar-refractivity contribution >= 4 is 0 Å². The Morgan fingerprint density at radius 1 is 1.16 bits per heavy atom. The summed E-state index contributed by atoms with van der Waals surface area (Å²) in [4.78, 5) is 8.82. The van der Waals surface area contributed by atoms with Crippen LogP contribution in [0.15, 0.2) is 24.4 Å². The fraction of sp³-hybridized carbons (Fsp3) is 0.333. The lowest BCUT2D eigenvalue weighted by Crippen LogP contribution is -2.09. The number of hydrogen-bond acceptors (Lipinski definition) is 4. The summed E-state index contributed by atoms with van der Waals surface area (Å²) in [6.45, 7) is 4.82. The van der Waals surface area contributed by atoms with Gasteiger partial charge in [0.05, 0.1) is 19.3 Å². The molecule has 1 aromatic heterocycles. The van der Waals surface area contributed by atoms with Gasteiger partial charge in [-0.1, -0.05) is 0 Å². The molecule has 0 bridgehead atoms. The number of nitrogens with zero attached hydrogens (tertiary/aromatic N) is 2. The van der Waals surface area contributed by atoms with Crippen molar-refractivity contribution in [2.75, 3.05) is 14.2 Å². The van der Waals surface area contributed by atoms with E-state index in [9.17, 15) is 0 Å². The second kappa shape index (κ2) is 5.80. The molecule has 1 aromatic carbocycles. The zero-order chi connectivity index (χ0) is 13.8. The zero-order valence-electron chi connectivity index (χ0n) is 11.8. The van der Waals surface area contributed by atoms with Gasteiger partial charge >= 0.3 is 0 Å². The lowest BCUT2D eigenvalue weighted by atomic mass is 10.00. The summed E-state index contributed by atoms with van der Waals surface area (Å²) >= 11 is 0. The normalized spacial score (nSPS) is 10.5. The molecule has 4 nitrogen and oxygen atoms in total. The quantitative estimate of drug-likeness (QED) is 0.914. The highest BCUT2D eigenvalue weighted by Crippen LogP contribution is 2.29. The van der Waals surface area contributed by atoms with Gasteiger partial charge in [0.25, 0.3) is 0 Å². The molecule has 0 radical (unpaired) electrons. The molecule has 0 unspecified atom stereocenters. The molecule has 0 amide bonds. The number of hydrogen-bond donors (Lipinski definition) is 1. The Morgan fingerprint density at radius 2 is 1.95 bits per heavy atom. The molecular formula is C15H19N3O. The number of rotatable bonds is 4. The smallest absolute Gasteiger partial charge is 0.142 e. The molecule has 0 aliphatic heterocycles. The van der Waals surface area contributed by atoms with Gasteiger partial charge in [0.2, 0.25) is 0 Å². The number of benzene rings is 1. The maximum atomic E-state index is 5.34. The highest BCUT2D eigenvalue weighted by atomic mass is 16.5. The average molecular weight is 257 g/mol. The second-order valence-electron chi connectivity index (χ2n) is 4.45. The van der Waals surface area contributed by atoms with Crippen LogP contribution in [-0.4, -0.2) is 24.1 Å². The standard InChI is InChI=1S/C15H19N3O/c1-10-11(2)14(19-4)6-5-12(10)13-7-8-17-15(18-13)9-16-3/h5-8,16H,9H2,1-4H3. The lowest BCUT2D eigenvalue weighted by Gasteiger charge is -2.12. The van der Waals surface area contributed by atoms with Crippen LogP contribution in [-0.2, 0) is 6.54 Å². The Bertz CT molecular complexity index is 582. The molecule has 2 rings (SSSR count). The van der Waals surface area contributed by atoms with Gasteiger partial charge < -0.3 is 10.1 Å². The number of nitrogens with one attached hydrogen (secondary N) is 1. The SMILES string of the molecule is CNCc1nccc(-c2ccc(OC)c(C)c2C)n1. The van der Waals surface area contributed by atoms with Gasteiger partial charge in [-0.25, -0.2) is 9.97 Å². The van der Waals surface area contributed by atoms with Crippen molar-refractivity contribution in [3.63, 3.8) is 0 Å². The number of methoxy groups -OCH3 is 1. The Kier molecular flexibility index (Phi) is 4.12. The molecule has 2 aromatic rings. The van der Waals surface area contributed by atoms with E-state index in [1.807, 2.05) is 25.2 Å². The first-order valence-corrected chi connectivity index (χ1v) is 6.28. The monoisotopic (exact) mass is 257 g/mol. The van der Waals surface area contributed by atoms with E-state index in [0.29, 0.717) is 6.54 Å². The van der Waals surface area contributed by atoms with Gasteiger partial charge in [0.15, 0.2) is 0 Å². The molecule has 0 spiro atoms. The highest BCUT2D eigenvalue weighted by Gasteiger charge is 2.10. The van der Waals surface area contributed by atoms with Crippen LogP contribution < -0.4 is 10.1 Å². The predicted molar refractivity (Wildman–Crippen MR) is 76.3 cm³/mol. The molecule has 0 aliphatic rings. The number of aromatic nitrogens is 2. The molecule has 4 heteroatoms. The Balaban J connectivity index is 2.47. The molecule has 1 heterocycles. The van der Waals surface area contributed by atoms with Crippen LogP contribution in [0.1, 0.15) is 17.0 Å². The van der Waals surface area contributed by atoms with Gasteiger partial charge in [-0.3, -0.25) is 0 Å². The Hall–Kier alpha value is -1.94. The van der Waals surface area contributed by atoms with Crippen LogP contribution in [0.25, 0.3) is 11.3 Å². The van der Waals surface area contributed by atoms with Crippen molar-refractivity contribution in [3.8, 4) is 17.0 Å². The summed E-state index contributed by atoms with van der Waals surface area (Å²) in [5, 5.41) is 3.06. The Morgan fingerprint density at radius 3 is 2.63 bits per heavy atom. The third-order valence-electron chi connectivity index (χ3n) is 3.27. The van der Waals surface area contributed by atoms with Gasteiger partial charge in [0.1, 0.15) is 11.6 Å². The van der Waals surface area contributed by atoms with Gasteiger partial charge in [-0.15, -0.1) is 0 Å². The minimum Gasteiger partial charge on any atom is -0.496 e. The summed E-state index contributed by atoms with van der Waals surface area (Å²) in [5.74, 6) is 1.71. The summed E-state index contributed by atoms with van der Waals surface area (Å²) in [5.41, 5.74) is 4.41. The van der Waals surface area contributed by atoms with Crippen molar-refractivity contribution in [2.24, 2.45) is 0 Å². The lowest BCUT2D eigenvalue weighted by molar-refractivity contribution is 0.411. The molecular weight excluding hydrogens is 238 g/mol. The van der Waals surface area contributed by atoms with Crippen molar-refractivity contribution in [1.82, 2.24) is 15.3 Å². The van der Waals surface area contributed by atoms with E-state index in [1.54, 1.807) is 13.3 Å². The molecule has 0 saturated carbocycles. The summed E-state index contributed by atoms with van der Waals surface area (Å²) in [6.07, 6.45) is 1.80. The summed E-state index contributed by atoms with van der Waals surface area (Å²) in [6, 6.07) is 5.97. The molecule has 0 saturated heterocycles. The van der Waals surface area contributed by atoms with E-state index in [2.05, 4.69) is 29.1 Å². The fourth-order valence-electron chi connectivity index (χ4n) is 2.09. The van der Waals surface area contributed by atoms with E-state index in [0.717, 1.165) is 28.4 Å². The minimum atomic E-state index is 0.669. The van der Waals surface area contributed by atoms with Gasteiger partial charge in [0, 0.05) is 11.8 Å². The fourth-order valence-corrected chi connectivity index (χ4v) is 2.09. The molecule has 0 atom stereocenters. The van der Waals surface area contributed by atoms with Crippen molar-refractivity contribution in [1.29, 1.82) is 0 Å². The van der Waals surface area contributed by atoms with Crippen LogP contribution in [0.4, 0.5) is 0 Å². The molecule has 19 heavy (non-hydrogen) atoms. The van der Waals surface area contributed by atoms with Gasteiger partial charge in [-0.2, -0.15) is 0 Å². The maximum absolute atomic E-state index is 5.34. The van der Waals surface area contributed by atoms with Crippen LogP contribution in [0.2, 0.25) is 0 Å². The first-order chi connectivity index (χ1) is 9.17. The zero-order valence-corrected chi connectivity index (χ0v) is 11.8. The van der Waals surface area contributed by atoms with Gasteiger partial charge in [-0.05, 0) is 50.2 Å². The average Bonchev–Trinajstić information content (AvgIpc) is 2.42. The predicted octanol–water partition coefficient (Wildman–Crippen LogP) is 2.49. The molecule has 0 fully saturated rings. The first-order valence-electron chi connectivity index (χ1n) is 6.28. The second-order valence-corrected chi connectivity index (χ2v) is 4.45. The third-order valence-corrected chi connectivity index (χ3v) is 3.27. The molecule has 0 aliphatic carbocycles. The van der Waals surface area contributed by atoms with E-state index in [-0.39, 0.29) is 0 Å². The van der Waals surface area contributed by atoms with Crippen molar-refractivity contribution in [3.05, 3.63) is 41.3 Å². The molecule has 1 N–H and O–H groups in total. The Labute approximate surface area is 113 Å². The van der Waals surface area contributed by atoms with Crippen molar-refractivity contribution in [2.45, 2.75) is 20.4 Å². The van der Waals surface area contributed by atoms with Crippen LogP contribution in [0.5, 0.6) is 5.75 Å². The van der Waals surface area contributed by atoms with E-state index >= 15 is 0 Å². The highest BCUT2D eigenvalue weighted by molar-refractivity contribution is 5.66. The largest absolute Gasteiger partial charge is 0.496 e. The van der Waals surface area contributed by atoms with E-state index < -0.39 is 0 Å². The molecule has 100 valence electrons. The van der Waals surface area contributed by atoms with Crippen LogP contribution >= 0.6 is 0 Å².